The number of rotatable bonds is 10. The topological polar surface area (TPSA) is 367 Å². The molecule has 0 unspecified atom stereocenters. The van der Waals surface area contributed by atoms with E-state index in [0.29, 0.717) is 43.4 Å². The van der Waals surface area contributed by atoms with Crippen molar-refractivity contribution in [3.8, 4) is 43.4 Å². The Morgan fingerprint density at radius 3 is 1.83 bits per heavy atom. The van der Waals surface area contributed by atoms with Crippen molar-refractivity contribution in [3.63, 3.8) is 0 Å². The Hall–Kier alpha value is -6.93. The quantitative estimate of drug-likeness (QED) is 0.0452. The number of aliphatic hydroxyl groups is 10. The summed E-state index contributed by atoms with van der Waals surface area (Å²) in [6.07, 6.45) is -0.354. The SMILES string of the molecule is C/C=C(/N=C(O)c1csc(-c2csc(-c3ccc4c(n3)-c3csc(n3)[C@H]([C@@H](C)O)N=C(O)c3csc(n3)[C@H](C(C)(C)O)N=C(O)c3csc(n3)/C(=C\C)N=C(O)[C@@H]([C@H](C)O)N=C(O)c3csc-4n3)n2)n1)C(O)=NC[C@@H](C)O. The third-order valence-electron chi connectivity index (χ3n) is 10.9. The third kappa shape index (κ3) is 12.9. The van der Waals surface area contributed by atoms with E-state index >= 15 is 0 Å². The van der Waals surface area contributed by atoms with Crippen LogP contribution in [0.4, 0.5) is 0 Å². The summed E-state index contributed by atoms with van der Waals surface area (Å²) in [6, 6.07) is -0.293. The molecule has 8 heterocycles. The van der Waals surface area contributed by atoms with Crippen LogP contribution in [0.5, 0.6) is 0 Å². The van der Waals surface area contributed by atoms with E-state index in [4.69, 9.17) is 15.0 Å². The second kappa shape index (κ2) is 23.8. The zero-order valence-electron chi connectivity index (χ0n) is 41.7. The molecular weight excluding hydrogens is 1110 g/mol. The zero-order valence-corrected chi connectivity index (χ0v) is 46.6. The van der Waals surface area contributed by atoms with Gasteiger partial charge in [0.05, 0.1) is 41.8 Å². The van der Waals surface area contributed by atoms with Crippen LogP contribution in [0, 0.1) is 0 Å². The number of fused-ring (bicyclic) bond motifs is 11. The Morgan fingerprint density at radius 2 is 1.17 bits per heavy atom. The highest BCUT2D eigenvalue weighted by Gasteiger charge is 2.33. The van der Waals surface area contributed by atoms with Gasteiger partial charge in [-0.05, 0) is 60.6 Å². The fourth-order valence-corrected chi connectivity index (χ4v) is 12.2. The largest absolute Gasteiger partial charge is 0.495 e. The van der Waals surface area contributed by atoms with Crippen molar-refractivity contribution in [2.45, 2.75) is 90.5 Å². The normalized spacial score (nSPS) is 19.2. The summed E-state index contributed by atoms with van der Waals surface area (Å²) < 4.78 is 0. The first kappa shape index (κ1) is 56.3. The summed E-state index contributed by atoms with van der Waals surface area (Å²) in [7, 11) is 0. The third-order valence-corrected chi connectivity index (χ3v) is 16.1. The maximum atomic E-state index is 11.4. The molecule has 10 N–H and O–H groups in total. The molecule has 0 saturated carbocycles. The summed E-state index contributed by atoms with van der Waals surface area (Å²) >= 11 is 6.82. The van der Waals surface area contributed by atoms with Crippen LogP contribution in [0.2, 0.25) is 0 Å². The summed E-state index contributed by atoms with van der Waals surface area (Å²) in [5.74, 6) is -3.34. The Kier molecular flexibility index (Phi) is 17.4. The van der Waals surface area contributed by atoms with Crippen LogP contribution in [0.15, 0.2) is 92.2 Å². The molecule has 29 heteroatoms. The standard InChI is InChI=1S/C48H49N13O10S6/c1-8-23(36(65)49-12-19(3)62)51-37(66)27-15-74-45(56-27)31-18-75-44(58-31)25-11-10-22-34(50-25)26-13-76-46(53-26)33(21(5)64)60-39(68)29-17-77-47(57-29)35(48(6,7)71)61-40(69)30-16-73-43(55-30)24(9-2)52-41(70)32(20(4)63)59-38(67)28-14-72-42(22)54-28/h8-11,13-21,32-33,35,62-64,71H,12H2,1-7H3,(H,49,65)(H,51,66)(H,52,70)(H,59,67)(H,60,68)(H,61,69)/b23-8+,24-9+/t19-,20+,21-,32-,33+,35-/m1/s1. The number of nitrogens with zero attached hydrogens (tertiary/aromatic N) is 13. The van der Waals surface area contributed by atoms with E-state index in [2.05, 4.69) is 49.9 Å². The highest BCUT2D eigenvalue weighted by molar-refractivity contribution is 7.15. The second-order valence-electron chi connectivity index (χ2n) is 17.4. The number of aromatic nitrogens is 7. The van der Waals surface area contributed by atoms with Crippen LogP contribution in [-0.4, -0.2) is 158 Å². The average molecular weight is 1160 g/mol. The number of allylic oxidation sites excluding steroid dienone is 2. The van der Waals surface area contributed by atoms with Crippen LogP contribution in [0.1, 0.15) is 98.3 Å². The highest BCUT2D eigenvalue weighted by Crippen LogP contribution is 2.39. The van der Waals surface area contributed by atoms with E-state index in [9.17, 15) is 51.1 Å². The van der Waals surface area contributed by atoms with E-state index in [-0.39, 0.29) is 55.7 Å². The summed E-state index contributed by atoms with van der Waals surface area (Å²) in [4.78, 5) is 58.2. The number of pyridine rings is 1. The van der Waals surface area contributed by atoms with Crippen molar-refractivity contribution < 1.29 is 51.1 Å². The summed E-state index contributed by atoms with van der Waals surface area (Å²) in [5, 5.41) is 121. The van der Waals surface area contributed by atoms with Gasteiger partial charge in [0, 0.05) is 37.8 Å². The lowest BCUT2D eigenvalue weighted by atomic mass is 10.00. The van der Waals surface area contributed by atoms with Gasteiger partial charge in [0.1, 0.15) is 87.7 Å². The average Bonchev–Trinajstić information content (AvgIpc) is 4.26. The molecule has 1 aliphatic rings. The van der Waals surface area contributed by atoms with E-state index in [1.165, 1.54) is 85.6 Å². The van der Waals surface area contributed by atoms with Crippen LogP contribution >= 0.6 is 68.0 Å². The lowest BCUT2D eigenvalue weighted by Crippen LogP contribution is -2.31. The minimum Gasteiger partial charge on any atom is -0.495 e. The van der Waals surface area contributed by atoms with Crippen molar-refractivity contribution in [3.05, 3.63) is 100 Å². The molecule has 0 aromatic carbocycles. The van der Waals surface area contributed by atoms with Gasteiger partial charge in [0.15, 0.2) is 6.04 Å². The lowest BCUT2D eigenvalue weighted by Gasteiger charge is -2.24. The van der Waals surface area contributed by atoms with Gasteiger partial charge in [-0.15, -0.1) is 68.0 Å². The maximum absolute atomic E-state index is 11.4. The van der Waals surface area contributed by atoms with Crippen molar-refractivity contribution in [2.75, 3.05) is 6.54 Å². The molecule has 0 saturated heterocycles. The second-order valence-corrected chi connectivity index (χ2v) is 22.6. The fraction of sp³-hybridized carbons (Fsp3) is 0.312. The number of hydrogen-bond acceptors (Lipinski definition) is 23. The number of aliphatic imine (C=N–C) groups is 6. The molecule has 0 spiro atoms. The van der Waals surface area contributed by atoms with Gasteiger partial charge in [-0.1, -0.05) is 12.2 Å². The van der Waals surface area contributed by atoms with E-state index in [1.54, 1.807) is 42.1 Å². The smallest absolute Gasteiger partial charge is 0.239 e. The number of aliphatic hydroxyl groups excluding tert-OH is 9. The Labute approximate surface area is 462 Å². The molecule has 8 bridgehead atoms. The molecule has 402 valence electrons. The first-order valence-corrected chi connectivity index (χ1v) is 28.4. The van der Waals surface area contributed by atoms with Gasteiger partial charge in [0.2, 0.25) is 35.4 Å². The zero-order chi connectivity index (χ0) is 55.5. The predicted octanol–water partition coefficient (Wildman–Crippen LogP) is 8.66. The van der Waals surface area contributed by atoms with Gasteiger partial charge < -0.3 is 51.1 Å². The number of thiazole rings is 6. The molecule has 77 heavy (non-hydrogen) atoms. The molecule has 1 aliphatic heterocycles. The molecule has 6 atom stereocenters. The van der Waals surface area contributed by atoms with Crippen molar-refractivity contribution >= 4 is 109 Å². The minimum absolute atomic E-state index is 0.00228. The van der Waals surface area contributed by atoms with Gasteiger partial charge in [-0.25, -0.2) is 64.8 Å². The van der Waals surface area contributed by atoms with E-state index in [0.717, 1.165) is 45.3 Å². The molecule has 23 nitrogen and oxygen atoms in total. The molecule has 7 aromatic heterocycles. The molecule has 0 aliphatic carbocycles. The minimum atomic E-state index is -1.59. The van der Waals surface area contributed by atoms with E-state index < -0.39 is 77.4 Å². The maximum Gasteiger partial charge on any atom is 0.239 e. The molecule has 0 fully saturated rings. The predicted molar refractivity (Wildman–Crippen MR) is 303 cm³/mol. The molecular formula is C48H49N13O10S6. The van der Waals surface area contributed by atoms with Crippen LogP contribution in [0.3, 0.4) is 0 Å². The van der Waals surface area contributed by atoms with Gasteiger partial charge in [0.25, 0.3) is 0 Å². The van der Waals surface area contributed by atoms with Crippen LogP contribution < -0.4 is 0 Å². The lowest BCUT2D eigenvalue weighted by molar-refractivity contribution is 0.0519. The summed E-state index contributed by atoms with van der Waals surface area (Å²) in [5.41, 5.74) is 0.595. The van der Waals surface area contributed by atoms with Crippen molar-refractivity contribution in [2.24, 2.45) is 30.0 Å². The van der Waals surface area contributed by atoms with Gasteiger partial charge in [-0.3, -0.25) is 0 Å². The Bertz CT molecular complexity index is 3530. The van der Waals surface area contributed by atoms with Gasteiger partial charge >= 0.3 is 0 Å². The van der Waals surface area contributed by atoms with E-state index in [1.807, 2.05) is 0 Å². The van der Waals surface area contributed by atoms with Crippen LogP contribution in [-0.2, 0) is 0 Å². The number of hydrogen-bond donors (Lipinski definition) is 10. The monoisotopic (exact) mass is 1160 g/mol. The molecule has 8 rings (SSSR count). The molecule has 7 aromatic rings. The highest BCUT2D eigenvalue weighted by atomic mass is 32.1. The van der Waals surface area contributed by atoms with Gasteiger partial charge in [-0.2, -0.15) is 0 Å². The molecule has 0 radical (unpaired) electrons. The first-order chi connectivity index (χ1) is 36.6. The summed E-state index contributed by atoms with van der Waals surface area (Å²) in [6.45, 7) is 10.5. The Morgan fingerprint density at radius 1 is 0.623 bits per heavy atom. The van der Waals surface area contributed by atoms with Crippen LogP contribution in [0.25, 0.3) is 49.1 Å². The molecule has 0 amide bonds. The first-order valence-electron chi connectivity index (χ1n) is 23.1. The Balaban J connectivity index is 1.22. The fourth-order valence-electron chi connectivity index (χ4n) is 6.96. The van der Waals surface area contributed by atoms with Crippen molar-refractivity contribution in [1.29, 1.82) is 0 Å². The van der Waals surface area contributed by atoms with Crippen molar-refractivity contribution in [1.82, 2.24) is 34.9 Å².